The fraction of sp³-hybridized carbons (Fsp3) is 0.476. The molecule has 1 atom stereocenters. The van der Waals surface area contributed by atoms with Gasteiger partial charge < -0.3 is 4.74 Å². The van der Waals surface area contributed by atoms with E-state index in [1.807, 2.05) is 6.92 Å². The molecule has 1 saturated carbocycles. The number of nitrogens with zero attached hydrogens (tertiary/aromatic N) is 2. The molecule has 1 N–H and O–H groups in total. The van der Waals surface area contributed by atoms with Gasteiger partial charge in [0.05, 0.1) is 22.8 Å². The Morgan fingerprint density at radius 1 is 1.32 bits per heavy atom. The molecule has 10 heteroatoms. The highest BCUT2D eigenvalue weighted by molar-refractivity contribution is 8.01. The number of urea groups is 1. The van der Waals surface area contributed by atoms with Gasteiger partial charge in [0.25, 0.3) is 0 Å². The molecule has 0 saturated heterocycles. The van der Waals surface area contributed by atoms with E-state index in [4.69, 9.17) is 4.74 Å². The lowest BCUT2D eigenvalue weighted by molar-refractivity contribution is -0.139. The number of esters is 1. The minimum atomic E-state index is -0.999. The van der Waals surface area contributed by atoms with Gasteiger partial charge in [-0.15, -0.1) is 11.8 Å². The summed E-state index contributed by atoms with van der Waals surface area (Å²) in [6, 6.07) is 2.83. The van der Waals surface area contributed by atoms with Gasteiger partial charge in [-0.05, 0) is 44.7 Å². The van der Waals surface area contributed by atoms with Crippen molar-refractivity contribution in [2.24, 2.45) is 5.92 Å². The standard InChI is InChI=1S/C21H25F2N3O3S2/c1-3-29-18(27)12-30-19-11-24-20(31-19)25-21(28)26(13(2)14-6-4-5-7-14)15-8-9-16(22)17(23)10-15/h8-11,13-14H,3-7,12H2,1-2H3,(H,24,25,28). The first-order valence-electron chi connectivity index (χ1n) is 10.2. The summed E-state index contributed by atoms with van der Waals surface area (Å²) in [5, 5.41) is 3.12. The van der Waals surface area contributed by atoms with E-state index in [9.17, 15) is 18.4 Å². The van der Waals surface area contributed by atoms with Crippen LogP contribution in [0.3, 0.4) is 0 Å². The van der Waals surface area contributed by atoms with Gasteiger partial charge in [-0.1, -0.05) is 24.2 Å². The van der Waals surface area contributed by atoms with E-state index in [1.165, 1.54) is 34.1 Å². The van der Waals surface area contributed by atoms with E-state index in [2.05, 4.69) is 10.3 Å². The minimum absolute atomic E-state index is 0.156. The molecule has 1 aliphatic rings. The number of carbonyl (C=O) groups excluding carboxylic acids is 2. The van der Waals surface area contributed by atoms with Crippen molar-refractivity contribution >= 4 is 45.9 Å². The third-order valence-corrected chi connectivity index (χ3v) is 7.31. The van der Waals surface area contributed by atoms with Crippen LogP contribution in [0.5, 0.6) is 0 Å². The molecule has 31 heavy (non-hydrogen) atoms. The smallest absolute Gasteiger partial charge is 0.328 e. The molecule has 1 aliphatic carbocycles. The highest BCUT2D eigenvalue weighted by Gasteiger charge is 2.31. The SMILES string of the molecule is CCOC(=O)CSc1cnc(NC(=O)N(c2ccc(F)c(F)c2)C(C)C2CCCC2)s1. The maximum Gasteiger partial charge on any atom is 0.328 e. The number of hydrogen-bond acceptors (Lipinski definition) is 6. The van der Waals surface area contributed by atoms with Gasteiger partial charge >= 0.3 is 12.0 Å². The zero-order chi connectivity index (χ0) is 22.4. The predicted molar refractivity (Wildman–Crippen MR) is 119 cm³/mol. The molecule has 2 aromatic rings. The number of nitrogens with one attached hydrogen (secondary N) is 1. The summed E-state index contributed by atoms with van der Waals surface area (Å²) in [7, 11) is 0. The maximum atomic E-state index is 13.9. The molecule has 0 radical (unpaired) electrons. The number of amides is 2. The second-order valence-electron chi connectivity index (χ2n) is 7.26. The summed E-state index contributed by atoms with van der Waals surface area (Å²) >= 11 is 2.51. The van der Waals surface area contributed by atoms with Crippen molar-refractivity contribution in [3.05, 3.63) is 36.0 Å². The van der Waals surface area contributed by atoms with Crippen molar-refractivity contribution in [3.8, 4) is 0 Å². The fourth-order valence-electron chi connectivity index (χ4n) is 3.69. The highest BCUT2D eigenvalue weighted by Crippen LogP contribution is 2.34. The quantitative estimate of drug-likeness (QED) is 0.397. The molecule has 1 aromatic carbocycles. The van der Waals surface area contributed by atoms with Crippen LogP contribution in [-0.2, 0) is 9.53 Å². The largest absolute Gasteiger partial charge is 0.465 e. The predicted octanol–water partition coefficient (Wildman–Crippen LogP) is 5.69. The topological polar surface area (TPSA) is 71.5 Å². The number of rotatable bonds is 8. The number of benzene rings is 1. The number of halogens is 2. The lowest BCUT2D eigenvalue weighted by Gasteiger charge is -2.33. The Kier molecular flexibility index (Phi) is 8.25. The molecule has 3 rings (SSSR count). The Balaban J connectivity index is 1.74. The monoisotopic (exact) mass is 469 g/mol. The van der Waals surface area contributed by atoms with Crippen LogP contribution in [0.1, 0.15) is 39.5 Å². The summed E-state index contributed by atoms with van der Waals surface area (Å²) in [6.45, 7) is 4.00. The van der Waals surface area contributed by atoms with Gasteiger partial charge in [-0.25, -0.2) is 18.6 Å². The molecule has 0 bridgehead atoms. The molecule has 1 unspecified atom stereocenters. The van der Waals surface area contributed by atoms with Crippen LogP contribution in [0.2, 0.25) is 0 Å². The first-order chi connectivity index (χ1) is 14.9. The van der Waals surface area contributed by atoms with Crippen LogP contribution in [0.15, 0.2) is 28.6 Å². The van der Waals surface area contributed by atoms with Gasteiger partial charge in [0.1, 0.15) is 0 Å². The van der Waals surface area contributed by atoms with Crippen LogP contribution >= 0.6 is 23.1 Å². The molecule has 6 nitrogen and oxygen atoms in total. The average molecular weight is 470 g/mol. The van der Waals surface area contributed by atoms with Crippen LogP contribution in [0.4, 0.5) is 24.4 Å². The number of anilines is 2. The summed E-state index contributed by atoms with van der Waals surface area (Å²) in [5.74, 6) is -1.84. The summed E-state index contributed by atoms with van der Waals surface area (Å²) < 4.78 is 33.0. The molecule has 1 heterocycles. The Morgan fingerprint density at radius 3 is 2.74 bits per heavy atom. The van der Waals surface area contributed by atoms with E-state index >= 15 is 0 Å². The van der Waals surface area contributed by atoms with Gasteiger partial charge in [-0.3, -0.25) is 15.0 Å². The van der Waals surface area contributed by atoms with E-state index in [-0.39, 0.29) is 23.7 Å². The van der Waals surface area contributed by atoms with E-state index in [1.54, 1.807) is 13.1 Å². The first-order valence-corrected chi connectivity index (χ1v) is 12.0. The van der Waals surface area contributed by atoms with Crippen molar-refractivity contribution in [1.29, 1.82) is 0 Å². The lowest BCUT2D eigenvalue weighted by Crippen LogP contribution is -2.45. The van der Waals surface area contributed by atoms with E-state index in [0.29, 0.717) is 17.4 Å². The Morgan fingerprint density at radius 2 is 2.06 bits per heavy atom. The fourth-order valence-corrected chi connectivity index (χ4v) is 5.35. The highest BCUT2D eigenvalue weighted by atomic mass is 32.2. The van der Waals surface area contributed by atoms with Crippen molar-refractivity contribution in [1.82, 2.24) is 4.98 Å². The van der Waals surface area contributed by atoms with Crippen LogP contribution < -0.4 is 10.2 Å². The Labute approximate surface area is 188 Å². The second kappa shape index (κ2) is 10.9. The van der Waals surface area contributed by atoms with Gasteiger partial charge in [0.15, 0.2) is 16.8 Å². The zero-order valence-electron chi connectivity index (χ0n) is 17.4. The first kappa shape index (κ1) is 23.5. The molecular weight excluding hydrogens is 444 g/mol. The van der Waals surface area contributed by atoms with Gasteiger partial charge in [0.2, 0.25) is 0 Å². The Hall–Kier alpha value is -2.20. The second-order valence-corrected chi connectivity index (χ2v) is 9.57. The number of hydrogen-bond donors (Lipinski definition) is 1. The molecule has 2 amide bonds. The number of thioether (sulfide) groups is 1. The third-order valence-electron chi connectivity index (χ3n) is 5.23. The zero-order valence-corrected chi connectivity index (χ0v) is 19.0. The van der Waals surface area contributed by atoms with Crippen molar-refractivity contribution in [2.45, 2.75) is 49.8 Å². The maximum absolute atomic E-state index is 13.9. The summed E-state index contributed by atoms with van der Waals surface area (Å²) in [5.41, 5.74) is 0.296. The van der Waals surface area contributed by atoms with Crippen LogP contribution in [0.25, 0.3) is 0 Å². The minimum Gasteiger partial charge on any atom is -0.465 e. The summed E-state index contributed by atoms with van der Waals surface area (Å²) in [4.78, 5) is 30.3. The molecule has 168 valence electrons. The molecule has 1 aromatic heterocycles. The van der Waals surface area contributed by atoms with Gasteiger partial charge in [0, 0.05) is 17.8 Å². The van der Waals surface area contributed by atoms with Crippen molar-refractivity contribution in [3.63, 3.8) is 0 Å². The van der Waals surface area contributed by atoms with Crippen molar-refractivity contribution < 1.29 is 23.1 Å². The number of ether oxygens (including phenoxy) is 1. The molecule has 1 fully saturated rings. The third kappa shape index (κ3) is 6.16. The number of aromatic nitrogens is 1. The molecule has 0 spiro atoms. The average Bonchev–Trinajstić information content (AvgIpc) is 3.42. The van der Waals surface area contributed by atoms with Crippen molar-refractivity contribution in [2.75, 3.05) is 22.6 Å². The lowest BCUT2D eigenvalue weighted by atomic mass is 9.98. The van der Waals surface area contributed by atoms with Crippen LogP contribution in [0, 0.1) is 17.6 Å². The Bertz CT molecular complexity index is 919. The molecular formula is C21H25F2N3O3S2. The molecule has 0 aliphatic heterocycles. The van der Waals surface area contributed by atoms with Crippen LogP contribution in [-0.4, -0.2) is 35.4 Å². The van der Waals surface area contributed by atoms with E-state index < -0.39 is 17.7 Å². The number of thiazole rings is 1. The normalized spacial score (nSPS) is 15.0. The van der Waals surface area contributed by atoms with E-state index in [0.717, 1.165) is 42.0 Å². The summed E-state index contributed by atoms with van der Waals surface area (Å²) in [6.07, 6.45) is 5.74. The number of carbonyl (C=O) groups is 2. The van der Waals surface area contributed by atoms with Gasteiger partial charge in [-0.2, -0.15) is 0 Å².